The first kappa shape index (κ1) is 21.1. The van der Waals surface area contributed by atoms with E-state index in [9.17, 15) is 25.1 Å². The van der Waals surface area contributed by atoms with Gasteiger partial charge >= 0.3 is 5.97 Å². The second kappa shape index (κ2) is 8.42. The maximum atomic E-state index is 12.2. The Labute approximate surface area is 173 Å². The number of amides is 1. The number of rotatable bonds is 7. The lowest BCUT2D eigenvalue weighted by atomic mass is 9.72. The van der Waals surface area contributed by atoms with E-state index in [1.807, 2.05) is 6.07 Å². The van der Waals surface area contributed by atoms with Crippen molar-refractivity contribution in [2.24, 2.45) is 5.92 Å². The standard InChI is InChI=1S/C20H22N6O4/c1-3-13(19(28)29)25-14-4-11(8-22-15(14)7-21)16-9-24-17(10-23-16)26-18(27)12-5-20(2,30)6-12/h4,8-10,12-13,25,30H,3,5-6H2,1-2H3,(H,28,29)(H,24,26,27)/t12?,13-,20?/m0/s1. The van der Waals surface area contributed by atoms with Gasteiger partial charge in [0.25, 0.3) is 0 Å². The molecule has 2 aromatic rings. The Morgan fingerprint density at radius 2 is 2.03 bits per heavy atom. The number of nitriles is 1. The van der Waals surface area contributed by atoms with E-state index in [0.29, 0.717) is 36.2 Å². The van der Waals surface area contributed by atoms with Crippen LogP contribution < -0.4 is 10.6 Å². The van der Waals surface area contributed by atoms with Crippen molar-refractivity contribution in [2.75, 3.05) is 10.6 Å². The molecule has 10 nitrogen and oxygen atoms in total. The molecule has 156 valence electrons. The van der Waals surface area contributed by atoms with Crippen LogP contribution >= 0.6 is 0 Å². The predicted molar refractivity (Wildman–Crippen MR) is 107 cm³/mol. The number of carbonyl (C=O) groups excluding carboxylic acids is 1. The second-order valence-corrected chi connectivity index (χ2v) is 7.55. The second-order valence-electron chi connectivity index (χ2n) is 7.55. The third-order valence-corrected chi connectivity index (χ3v) is 4.97. The fourth-order valence-electron chi connectivity index (χ4n) is 3.29. The highest BCUT2D eigenvalue weighted by atomic mass is 16.4. The smallest absolute Gasteiger partial charge is 0.326 e. The van der Waals surface area contributed by atoms with Crippen LogP contribution in [0.15, 0.2) is 24.7 Å². The van der Waals surface area contributed by atoms with Gasteiger partial charge in [-0.05, 0) is 32.3 Å². The van der Waals surface area contributed by atoms with Crippen molar-refractivity contribution in [2.45, 2.75) is 44.8 Å². The van der Waals surface area contributed by atoms with Crippen LogP contribution in [0.1, 0.15) is 38.8 Å². The number of aliphatic hydroxyl groups is 1. The molecular formula is C20H22N6O4. The van der Waals surface area contributed by atoms with E-state index in [-0.39, 0.29) is 23.3 Å². The lowest BCUT2D eigenvalue weighted by Crippen LogP contribution is -2.46. The van der Waals surface area contributed by atoms with Crippen LogP contribution in [0, 0.1) is 17.2 Å². The minimum absolute atomic E-state index is 0.0756. The number of hydrogen-bond acceptors (Lipinski definition) is 8. The molecule has 0 aliphatic heterocycles. The Morgan fingerprint density at radius 3 is 2.57 bits per heavy atom. The number of pyridine rings is 1. The summed E-state index contributed by atoms with van der Waals surface area (Å²) in [6, 6.07) is 2.67. The fourth-order valence-corrected chi connectivity index (χ4v) is 3.29. The number of aromatic nitrogens is 3. The Morgan fingerprint density at radius 1 is 1.30 bits per heavy atom. The Hall–Kier alpha value is -3.58. The van der Waals surface area contributed by atoms with Crippen molar-refractivity contribution in [3.8, 4) is 17.3 Å². The average molecular weight is 410 g/mol. The van der Waals surface area contributed by atoms with Gasteiger partial charge in [-0.15, -0.1) is 0 Å². The van der Waals surface area contributed by atoms with E-state index in [1.54, 1.807) is 19.9 Å². The van der Waals surface area contributed by atoms with Crippen molar-refractivity contribution in [3.05, 3.63) is 30.4 Å². The van der Waals surface area contributed by atoms with Gasteiger partial charge in [-0.25, -0.2) is 14.8 Å². The molecule has 0 radical (unpaired) electrons. The van der Waals surface area contributed by atoms with Gasteiger partial charge in [0.15, 0.2) is 11.5 Å². The molecule has 1 aliphatic carbocycles. The molecule has 1 saturated carbocycles. The van der Waals surface area contributed by atoms with E-state index in [0.717, 1.165) is 0 Å². The summed E-state index contributed by atoms with van der Waals surface area (Å²) in [6.07, 6.45) is 5.45. The normalized spacial score (nSPS) is 21.1. The molecule has 4 N–H and O–H groups in total. The summed E-state index contributed by atoms with van der Waals surface area (Å²) in [7, 11) is 0. The first-order valence-corrected chi connectivity index (χ1v) is 9.47. The topological polar surface area (TPSA) is 161 Å². The summed E-state index contributed by atoms with van der Waals surface area (Å²) in [5.74, 6) is -1.21. The van der Waals surface area contributed by atoms with Gasteiger partial charge in [-0.3, -0.25) is 9.78 Å². The number of hydrogen-bond donors (Lipinski definition) is 4. The number of carbonyl (C=O) groups is 2. The Kier molecular flexibility index (Phi) is 5.94. The van der Waals surface area contributed by atoms with Gasteiger partial charge in [0.2, 0.25) is 5.91 Å². The van der Waals surface area contributed by atoms with Crippen LogP contribution in [0.4, 0.5) is 11.5 Å². The molecule has 0 spiro atoms. The lowest BCUT2D eigenvalue weighted by Gasteiger charge is -2.39. The largest absolute Gasteiger partial charge is 0.480 e. The number of nitrogens with one attached hydrogen (secondary N) is 2. The molecule has 30 heavy (non-hydrogen) atoms. The number of aliphatic carboxylic acids is 1. The molecule has 2 aromatic heterocycles. The maximum absolute atomic E-state index is 12.2. The van der Waals surface area contributed by atoms with Crippen LogP contribution in [0.2, 0.25) is 0 Å². The van der Waals surface area contributed by atoms with Crippen LogP contribution in [-0.4, -0.2) is 48.7 Å². The summed E-state index contributed by atoms with van der Waals surface area (Å²) < 4.78 is 0. The van der Waals surface area contributed by atoms with Gasteiger partial charge in [0, 0.05) is 17.7 Å². The van der Waals surface area contributed by atoms with Crippen LogP contribution in [0.25, 0.3) is 11.3 Å². The Bertz CT molecular complexity index is 991. The molecule has 1 atom stereocenters. The molecule has 0 saturated heterocycles. The van der Waals surface area contributed by atoms with E-state index < -0.39 is 17.6 Å². The highest BCUT2D eigenvalue weighted by Gasteiger charge is 2.42. The highest BCUT2D eigenvalue weighted by molar-refractivity contribution is 5.92. The number of nitrogens with zero attached hydrogens (tertiary/aromatic N) is 4. The zero-order valence-electron chi connectivity index (χ0n) is 16.6. The average Bonchev–Trinajstić information content (AvgIpc) is 2.70. The van der Waals surface area contributed by atoms with Gasteiger partial charge in [0.05, 0.1) is 29.4 Å². The molecule has 1 amide bonds. The third kappa shape index (κ3) is 4.69. The summed E-state index contributed by atoms with van der Waals surface area (Å²) in [5.41, 5.74) is 0.566. The highest BCUT2D eigenvalue weighted by Crippen LogP contribution is 2.37. The van der Waals surface area contributed by atoms with Crippen LogP contribution in [-0.2, 0) is 9.59 Å². The van der Waals surface area contributed by atoms with E-state index >= 15 is 0 Å². The molecule has 1 aliphatic rings. The fraction of sp³-hybridized carbons (Fsp3) is 0.400. The zero-order chi connectivity index (χ0) is 21.9. The minimum Gasteiger partial charge on any atom is -0.480 e. The van der Waals surface area contributed by atoms with Gasteiger partial charge in [0.1, 0.15) is 12.1 Å². The molecule has 3 rings (SSSR count). The summed E-state index contributed by atoms with van der Waals surface area (Å²) in [5, 5.41) is 33.7. The minimum atomic E-state index is -1.03. The SMILES string of the molecule is CC[C@H](Nc1cc(-c2cnc(NC(=O)C3CC(C)(O)C3)cn2)cnc1C#N)C(=O)O. The van der Waals surface area contributed by atoms with Crippen molar-refractivity contribution in [1.82, 2.24) is 15.0 Å². The molecule has 10 heteroatoms. The molecule has 1 fully saturated rings. The van der Waals surface area contributed by atoms with Gasteiger partial charge < -0.3 is 20.8 Å². The summed E-state index contributed by atoms with van der Waals surface area (Å²) >= 11 is 0. The van der Waals surface area contributed by atoms with Crippen molar-refractivity contribution < 1.29 is 19.8 Å². The number of carboxylic acids is 1. The zero-order valence-corrected chi connectivity index (χ0v) is 16.6. The van der Waals surface area contributed by atoms with Gasteiger partial charge in [-0.2, -0.15) is 5.26 Å². The van der Waals surface area contributed by atoms with E-state index in [4.69, 9.17) is 0 Å². The number of anilines is 2. The van der Waals surface area contributed by atoms with Crippen LogP contribution in [0.5, 0.6) is 0 Å². The molecule has 0 unspecified atom stereocenters. The van der Waals surface area contributed by atoms with Crippen LogP contribution in [0.3, 0.4) is 0 Å². The van der Waals surface area contributed by atoms with Crippen molar-refractivity contribution >= 4 is 23.4 Å². The third-order valence-electron chi connectivity index (χ3n) is 4.97. The first-order chi connectivity index (χ1) is 14.2. The quantitative estimate of drug-likeness (QED) is 0.533. The summed E-state index contributed by atoms with van der Waals surface area (Å²) in [6.45, 7) is 3.41. The summed E-state index contributed by atoms with van der Waals surface area (Å²) in [4.78, 5) is 36.0. The monoisotopic (exact) mass is 410 g/mol. The maximum Gasteiger partial charge on any atom is 0.326 e. The molecule has 2 heterocycles. The molecular weight excluding hydrogens is 388 g/mol. The lowest BCUT2D eigenvalue weighted by molar-refractivity contribution is -0.138. The molecule has 0 bridgehead atoms. The Balaban J connectivity index is 1.74. The van der Waals surface area contributed by atoms with Gasteiger partial charge in [-0.1, -0.05) is 6.92 Å². The van der Waals surface area contributed by atoms with E-state index in [2.05, 4.69) is 25.6 Å². The van der Waals surface area contributed by atoms with E-state index in [1.165, 1.54) is 18.6 Å². The number of carboxylic acid groups (broad SMARTS) is 1. The molecule has 0 aromatic carbocycles. The van der Waals surface area contributed by atoms with Crippen molar-refractivity contribution in [1.29, 1.82) is 5.26 Å². The first-order valence-electron chi connectivity index (χ1n) is 9.47. The van der Waals surface area contributed by atoms with Crippen molar-refractivity contribution in [3.63, 3.8) is 0 Å². The predicted octanol–water partition coefficient (Wildman–Crippen LogP) is 1.78.